The molecule has 5 heteroatoms. The number of aliphatic hydroxyl groups is 1. The summed E-state index contributed by atoms with van der Waals surface area (Å²) in [6, 6.07) is 7.09. The Hall–Kier alpha value is -1.39. The smallest absolute Gasteiger partial charge is 0.126 e. The lowest BCUT2D eigenvalue weighted by Gasteiger charge is -2.08. The summed E-state index contributed by atoms with van der Waals surface area (Å²) in [7, 11) is 0. The molecule has 0 saturated heterocycles. The zero-order chi connectivity index (χ0) is 9.97. The van der Waals surface area contributed by atoms with Gasteiger partial charge in [0.05, 0.1) is 6.20 Å². The maximum absolute atomic E-state index is 9.85. The van der Waals surface area contributed by atoms with Gasteiger partial charge in [-0.3, -0.25) is 0 Å². The third-order valence-corrected chi connectivity index (χ3v) is 2.26. The molecule has 0 amide bonds. The number of aliphatic hydroxyl groups excluding tert-OH is 1. The van der Waals surface area contributed by atoms with Gasteiger partial charge in [-0.25, -0.2) is 0 Å². The van der Waals surface area contributed by atoms with E-state index in [0.717, 1.165) is 0 Å². The van der Waals surface area contributed by atoms with Crippen molar-refractivity contribution in [2.75, 3.05) is 0 Å². The maximum Gasteiger partial charge on any atom is 0.126 e. The SMILES string of the molecule is OC(c1cn[nH]n1)c1ccccc1Cl. The summed E-state index contributed by atoms with van der Waals surface area (Å²) in [6.07, 6.45) is 0.635. The molecule has 2 rings (SSSR count). The van der Waals surface area contributed by atoms with Crippen LogP contribution < -0.4 is 0 Å². The molecule has 0 aliphatic carbocycles. The minimum atomic E-state index is -0.831. The van der Waals surface area contributed by atoms with Crippen molar-refractivity contribution in [3.05, 3.63) is 46.7 Å². The van der Waals surface area contributed by atoms with Crippen LogP contribution in [0.1, 0.15) is 17.4 Å². The summed E-state index contributed by atoms with van der Waals surface area (Å²) < 4.78 is 0. The van der Waals surface area contributed by atoms with Gasteiger partial charge in [-0.05, 0) is 6.07 Å². The predicted molar refractivity (Wildman–Crippen MR) is 51.9 cm³/mol. The molecular weight excluding hydrogens is 202 g/mol. The second-order valence-electron chi connectivity index (χ2n) is 2.82. The summed E-state index contributed by atoms with van der Waals surface area (Å²) in [5.41, 5.74) is 1.08. The van der Waals surface area contributed by atoms with Gasteiger partial charge in [-0.2, -0.15) is 15.4 Å². The average molecular weight is 210 g/mol. The Labute approximate surface area is 85.5 Å². The van der Waals surface area contributed by atoms with Gasteiger partial charge in [0.25, 0.3) is 0 Å². The van der Waals surface area contributed by atoms with E-state index < -0.39 is 6.10 Å². The molecule has 0 aliphatic heterocycles. The van der Waals surface area contributed by atoms with Crippen LogP contribution in [-0.2, 0) is 0 Å². The second-order valence-corrected chi connectivity index (χ2v) is 3.23. The number of rotatable bonds is 2. The van der Waals surface area contributed by atoms with Crippen LogP contribution in [0, 0.1) is 0 Å². The molecule has 0 aliphatic rings. The lowest BCUT2D eigenvalue weighted by molar-refractivity contribution is 0.215. The molecule has 0 fully saturated rings. The van der Waals surface area contributed by atoms with E-state index in [2.05, 4.69) is 15.4 Å². The Morgan fingerprint density at radius 2 is 2.14 bits per heavy atom. The van der Waals surface area contributed by atoms with Crippen molar-refractivity contribution in [1.29, 1.82) is 0 Å². The number of aromatic nitrogens is 3. The second kappa shape index (κ2) is 3.77. The van der Waals surface area contributed by atoms with E-state index in [9.17, 15) is 5.11 Å². The number of nitrogens with zero attached hydrogens (tertiary/aromatic N) is 2. The Bertz CT molecular complexity index is 416. The van der Waals surface area contributed by atoms with Crippen molar-refractivity contribution >= 4 is 11.6 Å². The molecule has 1 aromatic carbocycles. The monoisotopic (exact) mass is 209 g/mol. The van der Waals surface area contributed by atoms with Crippen molar-refractivity contribution in [1.82, 2.24) is 15.4 Å². The van der Waals surface area contributed by atoms with Gasteiger partial charge in [0.15, 0.2) is 0 Å². The zero-order valence-corrected chi connectivity index (χ0v) is 7.94. The van der Waals surface area contributed by atoms with Gasteiger partial charge in [0.2, 0.25) is 0 Å². The van der Waals surface area contributed by atoms with E-state index in [1.54, 1.807) is 18.2 Å². The molecule has 0 bridgehead atoms. The van der Waals surface area contributed by atoms with Gasteiger partial charge in [0.1, 0.15) is 11.8 Å². The molecule has 4 nitrogen and oxygen atoms in total. The van der Waals surface area contributed by atoms with Crippen LogP contribution in [0.2, 0.25) is 5.02 Å². The fourth-order valence-corrected chi connectivity index (χ4v) is 1.44. The van der Waals surface area contributed by atoms with Crippen LogP contribution in [0.25, 0.3) is 0 Å². The van der Waals surface area contributed by atoms with E-state index in [4.69, 9.17) is 11.6 Å². The molecule has 2 aromatic rings. The number of H-pyrrole nitrogens is 1. The molecule has 1 heterocycles. The molecule has 1 atom stereocenters. The summed E-state index contributed by atoms with van der Waals surface area (Å²) >= 11 is 5.92. The predicted octanol–water partition coefficient (Wildman–Crippen LogP) is 1.54. The van der Waals surface area contributed by atoms with E-state index >= 15 is 0 Å². The standard InChI is InChI=1S/C9H8ClN3O/c10-7-4-2-1-3-6(7)9(14)8-5-11-13-12-8/h1-5,9,14H,(H,11,12,13). The molecular formula is C9H8ClN3O. The number of halogens is 1. The first-order chi connectivity index (χ1) is 6.79. The van der Waals surface area contributed by atoms with Crippen molar-refractivity contribution in [3.63, 3.8) is 0 Å². The van der Waals surface area contributed by atoms with E-state index in [1.807, 2.05) is 6.07 Å². The molecule has 72 valence electrons. The third kappa shape index (κ3) is 1.62. The minimum absolute atomic E-state index is 0.457. The lowest BCUT2D eigenvalue weighted by atomic mass is 10.1. The Morgan fingerprint density at radius 3 is 2.79 bits per heavy atom. The normalized spacial score (nSPS) is 12.7. The number of hydrogen-bond acceptors (Lipinski definition) is 3. The fraction of sp³-hybridized carbons (Fsp3) is 0.111. The van der Waals surface area contributed by atoms with Crippen LogP contribution in [0.4, 0.5) is 0 Å². The third-order valence-electron chi connectivity index (χ3n) is 1.91. The van der Waals surface area contributed by atoms with Gasteiger partial charge in [0, 0.05) is 10.6 Å². The van der Waals surface area contributed by atoms with Crippen LogP contribution in [0.15, 0.2) is 30.5 Å². The quantitative estimate of drug-likeness (QED) is 0.789. The summed E-state index contributed by atoms with van der Waals surface area (Å²) in [5, 5.41) is 20.2. The molecule has 2 N–H and O–H groups in total. The summed E-state index contributed by atoms with van der Waals surface area (Å²) in [5.74, 6) is 0. The van der Waals surface area contributed by atoms with Gasteiger partial charge in [-0.15, -0.1) is 0 Å². The highest BCUT2D eigenvalue weighted by Crippen LogP contribution is 2.25. The summed E-state index contributed by atoms with van der Waals surface area (Å²) in [6.45, 7) is 0. The van der Waals surface area contributed by atoms with Crippen molar-refractivity contribution in [2.24, 2.45) is 0 Å². The van der Waals surface area contributed by atoms with Crippen molar-refractivity contribution in [3.8, 4) is 0 Å². The highest BCUT2D eigenvalue weighted by atomic mass is 35.5. The zero-order valence-electron chi connectivity index (χ0n) is 7.18. The van der Waals surface area contributed by atoms with Crippen LogP contribution >= 0.6 is 11.6 Å². The Kier molecular flexibility index (Phi) is 2.47. The van der Waals surface area contributed by atoms with E-state index in [1.165, 1.54) is 6.20 Å². The maximum atomic E-state index is 9.85. The highest BCUT2D eigenvalue weighted by Gasteiger charge is 2.15. The van der Waals surface area contributed by atoms with Crippen molar-refractivity contribution < 1.29 is 5.11 Å². The first-order valence-electron chi connectivity index (χ1n) is 4.07. The van der Waals surface area contributed by atoms with Gasteiger partial charge < -0.3 is 5.11 Å². The Balaban J connectivity index is 2.37. The first kappa shape index (κ1) is 9.18. The molecule has 14 heavy (non-hydrogen) atoms. The molecule has 0 spiro atoms. The molecule has 0 radical (unpaired) electrons. The average Bonchev–Trinajstić information content (AvgIpc) is 2.70. The first-order valence-corrected chi connectivity index (χ1v) is 4.45. The van der Waals surface area contributed by atoms with Gasteiger partial charge >= 0.3 is 0 Å². The number of hydrogen-bond donors (Lipinski definition) is 2. The lowest BCUT2D eigenvalue weighted by Crippen LogP contribution is -2.00. The van der Waals surface area contributed by atoms with E-state index in [-0.39, 0.29) is 0 Å². The topological polar surface area (TPSA) is 61.8 Å². The van der Waals surface area contributed by atoms with Crippen LogP contribution in [-0.4, -0.2) is 20.5 Å². The van der Waals surface area contributed by atoms with Crippen LogP contribution in [0.5, 0.6) is 0 Å². The highest BCUT2D eigenvalue weighted by molar-refractivity contribution is 6.31. The number of aromatic amines is 1. The largest absolute Gasteiger partial charge is 0.382 e. The number of benzene rings is 1. The molecule has 1 unspecified atom stereocenters. The Morgan fingerprint density at radius 1 is 1.36 bits per heavy atom. The van der Waals surface area contributed by atoms with Crippen LogP contribution in [0.3, 0.4) is 0 Å². The summed E-state index contributed by atoms with van der Waals surface area (Å²) in [4.78, 5) is 0. The minimum Gasteiger partial charge on any atom is -0.382 e. The van der Waals surface area contributed by atoms with Crippen molar-refractivity contribution in [2.45, 2.75) is 6.10 Å². The van der Waals surface area contributed by atoms with E-state index in [0.29, 0.717) is 16.3 Å². The fourth-order valence-electron chi connectivity index (χ4n) is 1.20. The van der Waals surface area contributed by atoms with Gasteiger partial charge in [-0.1, -0.05) is 29.8 Å². The molecule has 0 saturated carbocycles. The molecule has 1 aromatic heterocycles. The number of nitrogens with one attached hydrogen (secondary N) is 1.